The highest BCUT2D eigenvalue weighted by atomic mass is 35.5. The summed E-state index contributed by atoms with van der Waals surface area (Å²) < 4.78 is 16.4. The van der Waals surface area contributed by atoms with Crippen molar-refractivity contribution in [3.8, 4) is 11.9 Å². The van der Waals surface area contributed by atoms with Gasteiger partial charge in [0.25, 0.3) is 0 Å². The van der Waals surface area contributed by atoms with Crippen LogP contribution in [0, 0.1) is 11.5 Å². The second-order valence-corrected chi connectivity index (χ2v) is 10.7. The van der Waals surface area contributed by atoms with Gasteiger partial charge in [-0.15, -0.1) is 23.4 Å². The van der Waals surface area contributed by atoms with Gasteiger partial charge in [0.1, 0.15) is 22.0 Å². The van der Waals surface area contributed by atoms with Gasteiger partial charge >= 0.3 is 0 Å². The molecule has 1 aromatic heterocycles. The number of thioether (sulfide) groups is 2. The number of hydrogen-bond donors (Lipinski definition) is 2. The second-order valence-electron chi connectivity index (χ2n) is 7.72. The number of aliphatic imine (C=N–C) groups is 1. The first-order chi connectivity index (χ1) is 16.5. The molecule has 0 radical (unpaired) electrons. The third kappa shape index (κ3) is 8.96. The van der Waals surface area contributed by atoms with E-state index >= 15 is 0 Å². The number of nitrogens with one attached hydrogen (secondary N) is 2. The molecule has 0 saturated carbocycles. The van der Waals surface area contributed by atoms with E-state index in [1.807, 2.05) is 50.6 Å². The summed E-state index contributed by atoms with van der Waals surface area (Å²) in [6.45, 7) is 2.85. The van der Waals surface area contributed by atoms with Crippen molar-refractivity contribution in [3.05, 3.63) is 53.0 Å². The number of rotatable bonds is 12. The zero-order valence-electron chi connectivity index (χ0n) is 19.4. The highest BCUT2D eigenvalue weighted by Gasteiger charge is 2.15. The standard InChI is InChI=1S/C23H30ClN5O3S2/c1-29(2)12-19-4-5-20(32-19)14-33-9-7-26-23(28-15-25)27-8-10-34-22(24)17-3-6-21-18(11-17)13-30-16-31-21/h3-6,11,22H,7-10,12-14,16H2,1-2H3,(H2,26,27,28). The van der Waals surface area contributed by atoms with Gasteiger partial charge in [-0.1, -0.05) is 6.07 Å². The van der Waals surface area contributed by atoms with Gasteiger partial charge < -0.3 is 24.1 Å². The molecule has 0 bridgehead atoms. The van der Waals surface area contributed by atoms with E-state index in [4.69, 9.17) is 30.8 Å². The number of ether oxygens (including phenoxy) is 2. The highest BCUT2D eigenvalue weighted by molar-refractivity contribution is 8.00. The minimum absolute atomic E-state index is 0.195. The summed E-state index contributed by atoms with van der Waals surface area (Å²) in [6, 6.07) is 9.99. The Hall–Kier alpha value is -2.03. The molecule has 2 aromatic rings. The number of guanidine groups is 1. The lowest BCUT2D eigenvalue weighted by Crippen LogP contribution is -2.36. The van der Waals surface area contributed by atoms with E-state index in [1.54, 1.807) is 23.5 Å². The Bertz CT molecular complexity index is 980. The molecule has 184 valence electrons. The lowest BCUT2D eigenvalue weighted by molar-refractivity contribution is -0.0164. The van der Waals surface area contributed by atoms with Crippen molar-refractivity contribution in [2.45, 2.75) is 23.6 Å². The third-order valence-corrected chi connectivity index (χ3v) is 7.27. The van der Waals surface area contributed by atoms with E-state index < -0.39 is 0 Å². The van der Waals surface area contributed by atoms with Gasteiger partial charge in [-0.05, 0) is 43.9 Å². The van der Waals surface area contributed by atoms with Gasteiger partial charge in [-0.25, -0.2) is 0 Å². The van der Waals surface area contributed by atoms with Crippen molar-refractivity contribution in [1.82, 2.24) is 15.5 Å². The van der Waals surface area contributed by atoms with E-state index in [0.29, 0.717) is 25.7 Å². The summed E-state index contributed by atoms with van der Waals surface area (Å²) in [5, 5.41) is 14.8. The van der Waals surface area contributed by atoms with E-state index in [1.165, 1.54) is 0 Å². The monoisotopic (exact) mass is 523 g/mol. The molecule has 0 fully saturated rings. The Balaban J connectivity index is 1.34. The summed E-state index contributed by atoms with van der Waals surface area (Å²) in [5.74, 6) is 5.66. The van der Waals surface area contributed by atoms with E-state index in [2.05, 4.69) is 20.5 Å². The van der Waals surface area contributed by atoms with Crippen LogP contribution in [0.5, 0.6) is 5.75 Å². The predicted molar refractivity (Wildman–Crippen MR) is 139 cm³/mol. The maximum absolute atomic E-state index is 8.99. The Morgan fingerprint density at radius 2 is 2.12 bits per heavy atom. The van der Waals surface area contributed by atoms with Crippen LogP contribution in [0.15, 0.2) is 39.7 Å². The molecule has 8 nitrogen and oxygen atoms in total. The number of alkyl halides is 1. The topological polar surface area (TPSA) is 95.0 Å². The van der Waals surface area contributed by atoms with Gasteiger partial charge in [0.05, 0.1) is 25.4 Å². The van der Waals surface area contributed by atoms with Gasteiger partial charge in [0.15, 0.2) is 13.0 Å². The van der Waals surface area contributed by atoms with Crippen LogP contribution in [0.1, 0.15) is 27.4 Å². The molecular weight excluding hydrogens is 494 g/mol. The quantitative estimate of drug-likeness (QED) is 0.106. The summed E-state index contributed by atoms with van der Waals surface area (Å²) in [4.78, 5) is 6.53. The summed E-state index contributed by atoms with van der Waals surface area (Å²) in [7, 11) is 4.04. The van der Waals surface area contributed by atoms with Gasteiger partial charge in [0.2, 0.25) is 5.96 Å². The molecule has 3 rings (SSSR count). The molecule has 1 aromatic carbocycles. The van der Waals surface area contributed by atoms with E-state index in [9.17, 15) is 0 Å². The molecule has 0 aliphatic carbocycles. The molecule has 1 aliphatic heterocycles. The number of nitriles is 1. The molecule has 1 aliphatic rings. The minimum Gasteiger partial charge on any atom is -0.467 e. The zero-order chi connectivity index (χ0) is 24.2. The molecule has 1 atom stereocenters. The third-order valence-electron chi connectivity index (χ3n) is 4.67. The Kier molecular flexibility index (Phi) is 11.2. The number of halogens is 1. The highest BCUT2D eigenvalue weighted by Crippen LogP contribution is 2.36. The van der Waals surface area contributed by atoms with Crippen molar-refractivity contribution in [2.75, 3.05) is 45.5 Å². The number of fused-ring (bicyclic) bond motifs is 1. The van der Waals surface area contributed by atoms with Crippen LogP contribution in [0.4, 0.5) is 0 Å². The normalized spacial score (nSPS) is 14.3. The van der Waals surface area contributed by atoms with Crippen LogP contribution >= 0.6 is 35.1 Å². The van der Waals surface area contributed by atoms with Crippen LogP contribution in [-0.4, -0.2) is 56.3 Å². The molecular formula is C23H30ClN5O3S2. The number of hydrogen-bond acceptors (Lipinski definition) is 8. The summed E-state index contributed by atoms with van der Waals surface area (Å²) in [6.07, 6.45) is 1.93. The molecule has 2 N–H and O–H groups in total. The van der Waals surface area contributed by atoms with E-state index in [-0.39, 0.29) is 11.5 Å². The fraction of sp³-hybridized carbons (Fsp3) is 0.478. The lowest BCUT2D eigenvalue weighted by atomic mass is 10.1. The maximum Gasteiger partial charge on any atom is 0.204 e. The Labute approximate surface area is 214 Å². The lowest BCUT2D eigenvalue weighted by Gasteiger charge is -2.19. The molecule has 2 heterocycles. The van der Waals surface area contributed by atoms with Crippen molar-refractivity contribution in [1.29, 1.82) is 5.26 Å². The largest absolute Gasteiger partial charge is 0.467 e. The Morgan fingerprint density at radius 3 is 2.94 bits per heavy atom. The maximum atomic E-state index is 8.99. The fourth-order valence-electron chi connectivity index (χ4n) is 3.16. The number of benzene rings is 1. The van der Waals surface area contributed by atoms with Crippen LogP contribution in [0.25, 0.3) is 0 Å². The predicted octanol–water partition coefficient (Wildman–Crippen LogP) is 4.13. The van der Waals surface area contributed by atoms with Gasteiger partial charge in [-0.2, -0.15) is 17.0 Å². The molecule has 11 heteroatoms. The van der Waals surface area contributed by atoms with Gasteiger partial charge in [-0.3, -0.25) is 10.3 Å². The van der Waals surface area contributed by atoms with Crippen LogP contribution < -0.4 is 15.4 Å². The van der Waals surface area contributed by atoms with Crippen LogP contribution in [-0.2, 0) is 23.6 Å². The molecule has 0 amide bonds. The van der Waals surface area contributed by atoms with Crippen molar-refractivity contribution in [3.63, 3.8) is 0 Å². The fourth-order valence-corrected chi connectivity index (χ4v) is 5.06. The van der Waals surface area contributed by atoms with Crippen molar-refractivity contribution in [2.24, 2.45) is 4.99 Å². The first-order valence-corrected chi connectivity index (χ1v) is 13.5. The average molecular weight is 524 g/mol. The summed E-state index contributed by atoms with van der Waals surface area (Å²) >= 11 is 9.92. The minimum atomic E-state index is -0.195. The first-order valence-electron chi connectivity index (χ1n) is 10.9. The van der Waals surface area contributed by atoms with Crippen LogP contribution in [0.2, 0.25) is 0 Å². The number of nitrogens with zero attached hydrogens (tertiary/aromatic N) is 3. The van der Waals surface area contributed by atoms with Crippen molar-refractivity contribution >= 4 is 41.1 Å². The second kappa shape index (κ2) is 14.4. The zero-order valence-corrected chi connectivity index (χ0v) is 21.8. The van der Waals surface area contributed by atoms with E-state index in [0.717, 1.165) is 52.2 Å². The SMILES string of the molecule is CN(C)Cc1ccc(CSCCNC(=NCCSC(Cl)c2ccc3c(c2)COCO3)NC#N)o1. The molecule has 0 spiro atoms. The smallest absolute Gasteiger partial charge is 0.204 e. The van der Waals surface area contributed by atoms with Gasteiger partial charge in [0, 0.05) is 23.6 Å². The molecule has 0 saturated heterocycles. The first kappa shape index (κ1) is 26.6. The molecule has 34 heavy (non-hydrogen) atoms. The van der Waals surface area contributed by atoms with Crippen LogP contribution in [0.3, 0.4) is 0 Å². The summed E-state index contributed by atoms with van der Waals surface area (Å²) in [5.41, 5.74) is 2.02. The average Bonchev–Trinajstić information content (AvgIpc) is 3.27. The Morgan fingerprint density at radius 1 is 1.26 bits per heavy atom. The number of furan rings is 1. The molecule has 1 unspecified atom stereocenters. The van der Waals surface area contributed by atoms with Crippen molar-refractivity contribution < 1.29 is 13.9 Å².